The Bertz CT molecular complexity index is 306. The summed E-state index contributed by atoms with van der Waals surface area (Å²) in [6.07, 6.45) is 0. The van der Waals surface area contributed by atoms with E-state index in [1.54, 1.807) is 5.38 Å². The number of carbonyl (C=O) groups is 1. The van der Waals surface area contributed by atoms with E-state index in [0.29, 0.717) is 11.8 Å². The number of thiazole rings is 1. The summed E-state index contributed by atoms with van der Waals surface area (Å²) in [5, 5.41) is 11.2. The van der Waals surface area contributed by atoms with E-state index in [2.05, 4.69) is 25.8 Å². The zero-order chi connectivity index (χ0) is 10.0. The zero-order valence-electron chi connectivity index (χ0n) is 7.94. The summed E-state index contributed by atoms with van der Waals surface area (Å²) in [5.41, 5.74) is 0.160. The van der Waals surface area contributed by atoms with Crippen molar-refractivity contribution in [2.24, 2.45) is 5.92 Å². The van der Waals surface area contributed by atoms with Crippen molar-refractivity contribution in [3.63, 3.8) is 0 Å². The van der Waals surface area contributed by atoms with Crippen molar-refractivity contribution < 1.29 is 9.90 Å². The van der Waals surface area contributed by atoms with Crippen molar-refractivity contribution in [2.45, 2.75) is 26.7 Å². The summed E-state index contributed by atoms with van der Waals surface area (Å²) in [4.78, 5) is 14.6. The molecular formula is C9H13NO2S. The highest BCUT2D eigenvalue weighted by Gasteiger charge is 2.16. The van der Waals surface area contributed by atoms with Crippen LogP contribution >= 0.6 is 11.3 Å². The second-order valence-electron chi connectivity index (χ2n) is 3.41. The first-order valence-electron chi connectivity index (χ1n) is 4.21. The molecule has 0 saturated heterocycles. The second-order valence-corrected chi connectivity index (χ2v) is 4.30. The third-order valence-electron chi connectivity index (χ3n) is 2.13. The van der Waals surface area contributed by atoms with Crippen molar-refractivity contribution in [2.75, 3.05) is 0 Å². The molecule has 1 atom stereocenters. The monoisotopic (exact) mass is 199 g/mol. The van der Waals surface area contributed by atoms with Crippen molar-refractivity contribution in [1.29, 1.82) is 0 Å². The fourth-order valence-electron chi connectivity index (χ4n) is 0.880. The first-order valence-corrected chi connectivity index (χ1v) is 5.09. The zero-order valence-corrected chi connectivity index (χ0v) is 8.76. The molecule has 0 radical (unpaired) electrons. The van der Waals surface area contributed by atoms with Gasteiger partial charge in [0.15, 0.2) is 5.69 Å². The summed E-state index contributed by atoms with van der Waals surface area (Å²) < 4.78 is 0. The van der Waals surface area contributed by atoms with E-state index >= 15 is 0 Å². The van der Waals surface area contributed by atoms with Gasteiger partial charge in [-0.2, -0.15) is 0 Å². The van der Waals surface area contributed by atoms with Crippen LogP contribution in [0.1, 0.15) is 42.2 Å². The molecule has 0 aromatic carbocycles. The van der Waals surface area contributed by atoms with E-state index in [1.807, 2.05) is 0 Å². The van der Waals surface area contributed by atoms with Gasteiger partial charge < -0.3 is 5.11 Å². The van der Waals surface area contributed by atoms with Gasteiger partial charge in [-0.3, -0.25) is 0 Å². The van der Waals surface area contributed by atoms with Gasteiger partial charge in [0.2, 0.25) is 0 Å². The highest BCUT2D eigenvalue weighted by atomic mass is 32.1. The lowest BCUT2D eigenvalue weighted by Gasteiger charge is -2.11. The van der Waals surface area contributed by atoms with Gasteiger partial charge in [0.25, 0.3) is 0 Å². The molecular weight excluding hydrogens is 186 g/mol. The number of aromatic nitrogens is 1. The smallest absolute Gasteiger partial charge is 0.355 e. The van der Waals surface area contributed by atoms with Gasteiger partial charge in [0.1, 0.15) is 0 Å². The van der Waals surface area contributed by atoms with Gasteiger partial charge in [-0.1, -0.05) is 20.8 Å². The summed E-state index contributed by atoms with van der Waals surface area (Å²) in [7, 11) is 0. The average molecular weight is 199 g/mol. The van der Waals surface area contributed by atoms with Gasteiger partial charge in [0, 0.05) is 11.3 Å². The van der Waals surface area contributed by atoms with E-state index in [-0.39, 0.29) is 5.69 Å². The number of hydrogen-bond acceptors (Lipinski definition) is 3. The Morgan fingerprint density at radius 1 is 1.54 bits per heavy atom. The lowest BCUT2D eigenvalue weighted by molar-refractivity contribution is 0.0691. The summed E-state index contributed by atoms with van der Waals surface area (Å²) in [6.45, 7) is 6.27. The van der Waals surface area contributed by atoms with E-state index in [0.717, 1.165) is 5.01 Å². The quantitative estimate of drug-likeness (QED) is 0.814. The van der Waals surface area contributed by atoms with Crippen LogP contribution in [0.5, 0.6) is 0 Å². The molecule has 1 aromatic rings. The van der Waals surface area contributed by atoms with Crippen LogP contribution in [0.2, 0.25) is 0 Å². The van der Waals surface area contributed by atoms with Crippen molar-refractivity contribution in [3.05, 3.63) is 16.1 Å². The molecule has 13 heavy (non-hydrogen) atoms. The second kappa shape index (κ2) is 3.87. The van der Waals surface area contributed by atoms with E-state index in [4.69, 9.17) is 5.11 Å². The summed E-state index contributed by atoms with van der Waals surface area (Å²) >= 11 is 1.42. The van der Waals surface area contributed by atoms with Gasteiger partial charge in [-0.05, 0) is 5.92 Å². The molecule has 1 unspecified atom stereocenters. The number of aromatic carboxylic acids is 1. The molecule has 0 saturated carbocycles. The van der Waals surface area contributed by atoms with Crippen LogP contribution in [0.15, 0.2) is 5.38 Å². The van der Waals surface area contributed by atoms with Crippen molar-refractivity contribution in [3.8, 4) is 0 Å². The Kier molecular flexibility index (Phi) is 3.03. The maximum atomic E-state index is 10.6. The molecule has 4 heteroatoms. The molecule has 72 valence electrons. The highest BCUT2D eigenvalue weighted by molar-refractivity contribution is 7.09. The number of rotatable bonds is 3. The molecule has 0 spiro atoms. The van der Waals surface area contributed by atoms with Gasteiger partial charge >= 0.3 is 5.97 Å². The normalized spacial score (nSPS) is 13.2. The molecule has 0 fully saturated rings. The van der Waals surface area contributed by atoms with Gasteiger partial charge in [0.05, 0.1) is 5.01 Å². The maximum Gasteiger partial charge on any atom is 0.355 e. The first-order chi connectivity index (χ1) is 6.02. The Morgan fingerprint density at radius 2 is 2.15 bits per heavy atom. The topological polar surface area (TPSA) is 50.2 Å². The molecule has 3 nitrogen and oxygen atoms in total. The average Bonchev–Trinajstić information content (AvgIpc) is 2.50. The predicted octanol–water partition coefficient (Wildman–Crippen LogP) is 2.60. The van der Waals surface area contributed by atoms with Crippen LogP contribution < -0.4 is 0 Å². The summed E-state index contributed by atoms with van der Waals surface area (Å²) in [6, 6.07) is 0. The SMILES string of the molecule is CC(C)C(C)c1nc(C(=O)O)cs1. The third kappa shape index (κ3) is 2.28. The van der Waals surface area contributed by atoms with Crippen LogP contribution in [0.4, 0.5) is 0 Å². The largest absolute Gasteiger partial charge is 0.476 e. The van der Waals surface area contributed by atoms with E-state index in [1.165, 1.54) is 11.3 Å². The van der Waals surface area contributed by atoms with E-state index in [9.17, 15) is 4.79 Å². The number of nitrogens with zero attached hydrogens (tertiary/aromatic N) is 1. The first kappa shape index (κ1) is 10.2. The molecule has 1 heterocycles. The summed E-state index contributed by atoms with van der Waals surface area (Å²) in [5.74, 6) is -0.121. The Hall–Kier alpha value is -0.900. The lowest BCUT2D eigenvalue weighted by Crippen LogP contribution is -2.03. The van der Waals surface area contributed by atoms with Crippen molar-refractivity contribution >= 4 is 17.3 Å². The van der Waals surface area contributed by atoms with E-state index < -0.39 is 5.97 Å². The van der Waals surface area contributed by atoms with Gasteiger partial charge in [-0.15, -0.1) is 11.3 Å². The highest BCUT2D eigenvalue weighted by Crippen LogP contribution is 2.26. The van der Waals surface area contributed by atoms with Crippen LogP contribution in [0.25, 0.3) is 0 Å². The van der Waals surface area contributed by atoms with Crippen LogP contribution in [-0.2, 0) is 0 Å². The molecule has 1 N–H and O–H groups in total. The van der Waals surface area contributed by atoms with Crippen molar-refractivity contribution in [1.82, 2.24) is 4.98 Å². The predicted molar refractivity (Wildman–Crippen MR) is 52.3 cm³/mol. The maximum absolute atomic E-state index is 10.6. The minimum absolute atomic E-state index is 0.160. The number of carboxylic acid groups (broad SMARTS) is 1. The number of carboxylic acids is 1. The molecule has 0 bridgehead atoms. The van der Waals surface area contributed by atoms with Crippen LogP contribution in [0.3, 0.4) is 0 Å². The lowest BCUT2D eigenvalue weighted by atomic mass is 9.99. The standard InChI is InChI=1S/C9H13NO2S/c1-5(2)6(3)8-10-7(4-13-8)9(11)12/h4-6H,1-3H3,(H,11,12). The minimum Gasteiger partial charge on any atom is -0.476 e. The fourth-order valence-corrected chi connectivity index (χ4v) is 1.90. The van der Waals surface area contributed by atoms with Crippen LogP contribution in [-0.4, -0.2) is 16.1 Å². The van der Waals surface area contributed by atoms with Crippen LogP contribution in [0, 0.1) is 5.92 Å². The Morgan fingerprint density at radius 3 is 2.54 bits per heavy atom. The molecule has 0 amide bonds. The third-order valence-corrected chi connectivity index (χ3v) is 3.18. The molecule has 1 aromatic heterocycles. The minimum atomic E-state index is -0.946. The number of hydrogen-bond donors (Lipinski definition) is 1. The Labute approximate surface area is 81.4 Å². The molecule has 0 aliphatic carbocycles. The molecule has 1 rings (SSSR count). The molecule has 0 aliphatic rings. The fraction of sp³-hybridized carbons (Fsp3) is 0.556. The Balaban J connectivity index is 2.85. The van der Waals surface area contributed by atoms with Gasteiger partial charge in [-0.25, -0.2) is 9.78 Å². The molecule has 0 aliphatic heterocycles.